The number of hydrogen-bond donors (Lipinski definition) is 1. The Morgan fingerprint density at radius 2 is 1.06 bits per heavy atom. The summed E-state index contributed by atoms with van der Waals surface area (Å²) in [6, 6.07) is 29.8. The van der Waals surface area contributed by atoms with E-state index in [4.69, 9.17) is 18.9 Å². The lowest BCUT2D eigenvalue weighted by Crippen LogP contribution is -2.39. The van der Waals surface area contributed by atoms with Crippen LogP contribution in [0.15, 0.2) is 91.0 Å². The van der Waals surface area contributed by atoms with Crippen LogP contribution in [-0.2, 0) is 38.8 Å². The fraction of sp³-hybridized carbons (Fsp3) is 0.308. The second kappa shape index (κ2) is 11.2. The molecule has 4 rings (SSSR count). The van der Waals surface area contributed by atoms with Crippen molar-refractivity contribution in [3.8, 4) is 0 Å². The van der Waals surface area contributed by atoms with E-state index in [1.54, 1.807) is 0 Å². The highest BCUT2D eigenvalue weighted by Gasteiger charge is 2.45. The van der Waals surface area contributed by atoms with Gasteiger partial charge in [-0.3, -0.25) is 0 Å². The molecule has 0 saturated carbocycles. The van der Waals surface area contributed by atoms with Gasteiger partial charge in [0.2, 0.25) is 0 Å². The van der Waals surface area contributed by atoms with Gasteiger partial charge in [0.15, 0.2) is 6.29 Å². The van der Waals surface area contributed by atoms with E-state index in [9.17, 15) is 5.11 Å². The number of benzene rings is 3. The lowest BCUT2D eigenvalue weighted by molar-refractivity contribution is -0.153. The lowest BCUT2D eigenvalue weighted by Gasteiger charge is -2.24. The molecule has 1 N–H and O–H groups in total. The predicted octanol–water partition coefficient (Wildman–Crippen LogP) is 4.09. The summed E-state index contributed by atoms with van der Waals surface area (Å²) in [6.45, 7) is 1.55. The molecule has 0 aliphatic carbocycles. The van der Waals surface area contributed by atoms with Crippen molar-refractivity contribution >= 4 is 0 Å². The molecule has 1 heterocycles. The van der Waals surface area contributed by atoms with Crippen LogP contribution in [0.5, 0.6) is 0 Å². The second-order valence-electron chi connectivity index (χ2n) is 7.59. The van der Waals surface area contributed by atoms with Gasteiger partial charge in [-0.05, 0) is 16.7 Å². The summed E-state index contributed by atoms with van der Waals surface area (Å²) < 4.78 is 23.9. The van der Waals surface area contributed by atoms with Gasteiger partial charge in [0, 0.05) is 0 Å². The fourth-order valence-electron chi connectivity index (χ4n) is 3.62. The van der Waals surface area contributed by atoms with Crippen molar-refractivity contribution in [1.29, 1.82) is 0 Å². The molecule has 0 radical (unpaired) electrons. The molecule has 0 amide bonds. The monoisotopic (exact) mass is 420 g/mol. The van der Waals surface area contributed by atoms with Gasteiger partial charge in [-0.1, -0.05) is 91.0 Å². The molecule has 1 aliphatic rings. The molecular formula is C26H28O5. The zero-order chi connectivity index (χ0) is 21.3. The first-order valence-corrected chi connectivity index (χ1v) is 10.6. The van der Waals surface area contributed by atoms with E-state index < -0.39 is 24.6 Å². The molecule has 3 unspecified atom stereocenters. The number of aliphatic hydroxyl groups excluding tert-OH is 1. The molecular weight excluding hydrogens is 392 g/mol. The van der Waals surface area contributed by atoms with Crippen LogP contribution in [0, 0.1) is 0 Å². The normalized spacial score (nSPS) is 23.1. The Hall–Kier alpha value is -2.54. The van der Waals surface area contributed by atoms with Crippen molar-refractivity contribution in [3.05, 3.63) is 108 Å². The summed E-state index contributed by atoms with van der Waals surface area (Å²) in [4.78, 5) is 0. The lowest BCUT2D eigenvalue weighted by atomic mass is 10.1. The maximum atomic E-state index is 10.5. The largest absolute Gasteiger partial charge is 0.374 e. The highest BCUT2D eigenvalue weighted by molar-refractivity contribution is 5.15. The molecule has 0 spiro atoms. The highest BCUT2D eigenvalue weighted by Crippen LogP contribution is 2.28. The molecule has 5 nitrogen and oxygen atoms in total. The van der Waals surface area contributed by atoms with Crippen molar-refractivity contribution in [2.75, 3.05) is 6.61 Å². The standard InChI is InChI=1S/C26H28O5/c27-26-25(30-18-22-14-8-3-9-15-22)24(29-17-21-12-6-2-7-13-21)23(31-26)19-28-16-20-10-4-1-5-11-20/h1-15,23-27H,16-19H2/t23?,24?,25-,26?/m1/s1. The van der Waals surface area contributed by atoms with Crippen LogP contribution in [0.25, 0.3) is 0 Å². The molecule has 5 heteroatoms. The Kier molecular flexibility index (Phi) is 7.82. The van der Waals surface area contributed by atoms with Crippen LogP contribution >= 0.6 is 0 Å². The summed E-state index contributed by atoms with van der Waals surface area (Å²) in [5, 5.41) is 10.5. The first-order chi connectivity index (χ1) is 15.3. The molecule has 31 heavy (non-hydrogen) atoms. The van der Waals surface area contributed by atoms with Crippen molar-refractivity contribution in [2.45, 2.75) is 44.4 Å². The third kappa shape index (κ3) is 6.23. The Balaban J connectivity index is 1.39. The van der Waals surface area contributed by atoms with E-state index in [2.05, 4.69) is 0 Å². The van der Waals surface area contributed by atoms with Crippen LogP contribution in [-0.4, -0.2) is 36.3 Å². The first-order valence-electron chi connectivity index (χ1n) is 10.6. The second-order valence-corrected chi connectivity index (χ2v) is 7.59. The highest BCUT2D eigenvalue weighted by atomic mass is 16.7. The van der Waals surface area contributed by atoms with Crippen LogP contribution in [0.1, 0.15) is 16.7 Å². The van der Waals surface area contributed by atoms with Crippen LogP contribution in [0.2, 0.25) is 0 Å². The van der Waals surface area contributed by atoms with Gasteiger partial charge in [-0.2, -0.15) is 0 Å². The van der Waals surface area contributed by atoms with Gasteiger partial charge in [-0.15, -0.1) is 0 Å². The molecule has 162 valence electrons. The van der Waals surface area contributed by atoms with Crippen molar-refractivity contribution in [3.63, 3.8) is 0 Å². The van der Waals surface area contributed by atoms with Gasteiger partial charge in [-0.25, -0.2) is 0 Å². The molecule has 3 aromatic carbocycles. The Labute approximate surface area is 183 Å². The average Bonchev–Trinajstić information content (AvgIpc) is 3.12. The number of hydrogen-bond acceptors (Lipinski definition) is 5. The molecule has 4 atom stereocenters. The van der Waals surface area contributed by atoms with E-state index in [-0.39, 0.29) is 0 Å². The molecule has 0 bridgehead atoms. The summed E-state index contributed by atoms with van der Waals surface area (Å²) in [7, 11) is 0. The summed E-state index contributed by atoms with van der Waals surface area (Å²) in [5.41, 5.74) is 3.16. The summed E-state index contributed by atoms with van der Waals surface area (Å²) in [6.07, 6.45) is -2.55. The Morgan fingerprint density at radius 3 is 1.58 bits per heavy atom. The van der Waals surface area contributed by atoms with Gasteiger partial charge in [0.25, 0.3) is 0 Å². The van der Waals surface area contributed by atoms with E-state index in [0.29, 0.717) is 26.4 Å². The van der Waals surface area contributed by atoms with Gasteiger partial charge < -0.3 is 24.1 Å². The maximum absolute atomic E-state index is 10.5. The fourth-order valence-corrected chi connectivity index (χ4v) is 3.62. The minimum atomic E-state index is -1.07. The minimum absolute atomic E-state index is 0.302. The van der Waals surface area contributed by atoms with Gasteiger partial charge >= 0.3 is 0 Å². The predicted molar refractivity (Wildman–Crippen MR) is 117 cm³/mol. The van der Waals surface area contributed by atoms with Crippen LogP contribution in [0.3, 0.4) is 0 Å². The zero-order valence-electron chi connectivity index (χ0n) is 17.4. The number of ether oxygens (including phenoxy) is 4. The molecule has 1 fully saturated rings. The van der Waals surface area contributed by atoms with Gasteiger partial charge in [0.1, 0.15) is 18.3 Å². The summed E-state index contributed by atoms with van der Waals surface area (Å²) >= 11 is 0. The van der Waals surface area contributed by atoms with Crippen molar-refractivity contribution in [2.24, 2.45) is 0 Å². The molecule has 0 aromatic heterocycles. The number of rotatable bonds is 10. The van der Waals surface area contributed by atoms with E-state index in [1.807, 2.05) is 91.0 Å². The van der Waals surface area contributed by atoms with Crippen molar-refractivity contribution in [1.82, 2.24) is 0 Å². The molecule has 1 saturated heterocycles. The maximum Gasteiger partial charge on any atom is 0.184 e. The number of aliphatic hydroxyl groups is 1. The SMILES string of the molecule is OC1OC(COCc2ccccc2)C(OCc2ccccc2)[C@H]1OCc1ccccc1. The third-order valence-corrected chi connectivity index (χ3v) is 5.25. The summed E-state index contributed by atoms with van der Waals surface area (Å²) in [5.74, 6) is 0. The van der Waals surface area contributed by atoms with E-state index in [1.165, 1.54) is 0 Å². The Morgan fingerprint density at radius 1 is 0.613 bits per heavy atom. The smallest absolute Gasteiger partial charge is 0.184 e. The van der Waals surface area contributed by atoms with Crippen LogP contribution < -0.4 is 0 Å². The van der Waals surface area contributed by atoms with Crippen LogP contribution in [0.4, 0.5) is 0 Å². The molecule has 3 aromatic rings. The first kappa shape index (κ1) is 21.7. The van der Waals surface area contributed by atoms with E-state index in [0.717, 1.165) is 16.7 Å². The van der Waals surface area contributed by atoms with Crippen molar-refractivity contribution < 1.29 is 24.1 Å². The molecule has 1 aliphatic heterocycles. The minimum Gasteiger partial charge on any atom is -0.374 e. The third-order valence-electron chi connectivity index (χ3n) is 5.25. The zero-order valence-corrected chi connectivity index (χ0v) is 17.4. The quantitative estimate of drug-likeness (QED) is 0.535. The average molecular weight is 421 g/mol. The van der Waals surface area contributed by atoms with Gasteiger partial charge in [0.05, 0.1) is 26.4 Å². The van der Waals surface area contributed by atoms with E-state index >= 15 is 0 Å². The Bertz CT molecular complexity index is 887. The topological polar surface area (TPSA) is 57.2 Å².